The zero-order valence-electron chi connectivity index (χ0n) is 22.9. The molecule has 0 spiro atoms. The number of piperidine rings is 1. The van der Waals surface area contributed by atoms with Crippen LogP contribution in [0.1, 0.15) is 51.3 Å². The van der Waals surface area contributed by atoms with Crippen molar-refractivity contribution in [3.8, 4) is 0 Å². The van der Waals surface area contributed by atoms with Crippen LogP contribution in [0.5, 0.6) is 0 Å². The molecule has 198 valence electrons. The number of benzene rings is 1. The Bertz CT molecular complexity index is 1130. The average molecular weight is 502 g/mol. The standard InChI is InChI=1S/C30H43N7/c1-22(2)33-26-17-23-18-27(19-26)34-29-32-12-7-28(35-29)24-5-10-30(3,11-6-24)21-36(4)16-13-31-25-8-14-37(20-23)15-9-25/h5-7,10,12,17-19,22,25,31,33H,8-9,11,13-16,20-21H2,1-4H3,(H,32,34,35). The van der Waals surface area contributed by atoms with E-state index in [1.165, 1.54) is 24.0 Å². The molecule has 7 nitrogen and oxygen atoms in total. The molecule has 6 heterocycles. The van der Waals surface area contributed by atoms with Crippen LogP contribution in [0.15, 0.2) is 48.7 Å². The molecule has 7 heteroatoms. The number of allylic oxidation sites excluding steroid dienone is 3. The van der Waals surface area contributed by atoms with Crippen LogP contribution in [0.2, 0.25) is 0 Å². The molecule has 5 aliphatic heterocycles. The molecule has 1 aliphatic carbocycles. The van der Waals surface area contributed by atoms with Crippen LogP contribution in [0.25, 0.3) is 5.57 Å². The van der Waals surface area contributed by atoms with Crippen molar-refractivity contribution in [1.29, 1.82) is 0 Å². The molecule has 3 N–H and O–H groups in total. The highest BCUT2D eigenvalue weighted by Crippen LogP contribution is 2.33. The van der Waals surface area contributed by atoms with E-state index < -0.39 is 0 Å². The zero-order chi connectivity index (χ0) is 25.8. The summed E-state index contributed by atoms with van der Waals surface area (Å²) < 4.78 is 0. The lowest BCUT2D eigenvalue weighted by Crippen LogP contribution is -2.44. The van der Waals surface area contributed by atoms with Crippen LogP contribution in [0, 0.1) is 5.41 Å². The zero-order valence-corrected chi connectivity index (χ0v) is 22.9. The minimum absolute atomic E-state index is 0.136. The summed E-state index contributed by atoms with van der Waals surface area (Å²) in [5.41, 5.74) is 5.71. The normalized spacial score (nSPS) is 26.9. The van der Waals surface area contributed by atoms with Crippen LogP contribution in [-0.4, -0.2) is 71.6 Å². The molecule has 37 heavy (non-hydrogen) atoms. The smallest absolute Gasteiger partial charge is 0.227 e. The van der Waals surface area contributed by atoms with Gasteiger partial charge in [0.15, 0.2) is 0 Å². The third kappa shape index (κ3) is 6.98. The maximum atomic E-state index is 4.88. The number of rotatable bonds is 2. The van der Waals surface area contributed by atoms with Gasteiger partial charge in [-0.2, -0.15) is 0 Å². The van der Waals surface area contributed by atoms with Gasteiger partial charge >= 0.3 is 0 Å². The van der Waals surface area contributed by atoms with E-state index in [0.717, 1.165) is 62.8 Å². The number of nitrogens with one attached hydrogen (secondary N) is 3. The number of aromatic nitrogens is 2. The third-order valence-corrected chi connectivity index (χ3v) is 7.66. The Morgan fingerprint density at radius 2 is 1.97 bits per heavy atom. The summed E-state index contributed by atoms with van der Waals surface area (Å²) in [6, 6.07) is 9.67. The molecule has 1 saturated heterocycles. The van der Waals surface area contributed by atoms with Gasteiger partial charge in [-0.3, -0.25) is 4.90 Å². The molecular formula is C30H43N7. The minimum Gasteiger partial charge on any atom is -0.383 e. The van der Waals surface area contributed by atoms with Crippen LogP contribution in [-0.2, 0) is 6.54 Å². The summed E-state index contributed by atoms with van der Waals surface area (Å²) in [4.78, 5) is 14.5. The van der Waals surface area contributed by atoms with Crippen LogP contribution in [0.4, 0.5) is 17.3 Å². The lowest BCUT2D eigenvalue weighted by molar-refractivity contribution is 0.184. The Kier molecular flexibility index (Phi) is 7.93. The van der Waals surface area contributed by atoms with Crippen molar-refractivity contribution >= 4 is 22.9 Å². The maximum absolute atomic E-state index is 4.88. The van der Waals surface area contributed by atoms with Gasteiger partial charge in [0.25, 0.3) is 0 Å². The van der Waals surface area contributed by atoms with E-state index >= 15 is 0 Å². The lowest BCUT2D eigenvalue weighted by Gasteiger charge is -2.34. The Morgan fingerprint density at radius 1 is 1.14 bits per heavy atom. The summed E-state index contributed by atoms with van der Waals surface area (Å²) in [6.07, 6.45) is 12.2. The molecule has 2 aromatic rings. The molecule has 1 unspecified atom stereocenters. The third-order valence-electron chi connectivity index (χ3n) is 7.66. The number of nitrogens with zero attached hydrogens (tertiary/aromatic N) is 4. The SMILES string of the molecule is CC(C)Nc1cc2cc(c1)Nc1nccc(n1)C1=CCC(C)(C=C1)CN(C)CCNC1CCN(CC1)C2. The van der Waals surface area contributed by atoms with E-state index in [2.05, 4.69) is 95.0 Å². The minimum atomic E-state index is 0.136. The highest BCUT2D eigenvalue weighted by Gasteiger charge is 2.25. The first kappa shape index (κ1) is 25.9. The number of hydrogen-bond donors (Lipinski definition) is 3. The largest absolute Gasteiger partial charge is 0.383 e. The summed E-state index contributed by atoms with van der Waals surface area (Å²) >= 11 is 0. The van der Waals surface area contributed by atoms with Crippen LogP contribution < -0.4 is 16.0 Å². The Balaban J connectivity index is 1.44. The first-order valence-corrected chi connectivity index (χ1v) is 13.9. The first-order valence-electron chi connectivity index (χ1n) is 13.9. The second-order valence-corrected chi connectivity index (χ2v) is 11.7. The number of anilines is 3. The molecule has 1 atom stereocenters. The van der Waals surface area contributed by atoms with Crippen molar-refractivity contribution < 1.29 is 0 Å². The summed E-state index contributed by atoms with van der Waals surface area (Å²) in [6.45, 7) is 13.1. The summed E-state index contributed by atoms with van der Waals surface area (Å²) in [7, 11) is 2.25. The average Bonchev–Trinajstić information content (AvgIpc) is 2.84. The Labute approximate surface area is 222 Å². The van der Waals surface area contributed by atoms with Crippen molar-refractivity contribution in [2.75, 3.05) is 50.4 Å². The quantitative estimate of drug-likeness (QED) is 0.541. The molecule has 8 bridgehead atoms. The van der Waals surface area contributed by atoms with Gasteiger partial charge in [-0.1, -0.05) is 25.2 Å². The van der Waals surface area contributed by atoms with E-state index in [1.54, 1.807) is 0 Å². The fraction of sp³-hybridized carbons (Fsp3) is 0.533. The molecule has 8 rings (SSSR count). The topological polar surface area (TPSA) is 68.3 Å². The van der Waals surface area contributed by atoms with Crippen LogP contribution in [0.3, 0.4) is 0 Å². The molecule has 1 fully saturated rings. The molecule has 6 aliphatic rings. The first-order chi connectivity index (χ1) is 17.8. The molecular weight excluding hydrogens is 458 g/mol. The van der Waals surface area contributed by atoms with E-state index in [4.69, 9.17) is 4.98 Å². The van der Waals surface area contributed by atoms with Gasteiger partial charge in [-0.05, 0) is 88.6 Å². The second kappa shape index (κ2) is 11.3. The van der Waals surface area contributed by atoms with Crippen molar-refractivity contribution in [2.45, 2.75) is 58.7 Å². The fourth-order valence-electron chi connectivity index (χ4n) is 5.77. The highest BCUT2D eigenvalue weighted by atomic mass is 15.2. The van der Waals surface area contributed by atoms with E-state index in [9.17, 15) is 0 Å². The summed E-state index contributed by atoms with van der Waals surface area (Å²) in [5, 5.41) is 10.9. The van der Waals surface area contributed by atoms with E-state index in [0.29, 0.717) is 18.0 Å². The van der Waals surface area contributed by atoms with Gasteiger partial charge in [0.05, 0.1) is 5.69 Å². The number of hydrogen-bond acceptors (Lipinski definition) is 7. The Hall–Kier alpha value is -2.74. The molecule has 1 aromatic carbocycles. The van der Waals surface area contributed by atoms with Gasteiger partial charge < -0.3 is 20.9 Å². The molecule has 0 saturated carbocycles. The molecule has 1 aromatic heterocycles. The van der Waals surface area contributed by atoms with Gasteiger partial charge in [-0.15, -0.1) is 0 Å². The maximum Gasteiger partial charge on any atom is 0.227 e. The summed E-state index contributed by atoms with van der Waals surface area (Å²) in [5.74, 6) is 0.630. The lowest BCUT2D eigenvalue weighted by atomic mass is 9.81. The predicted molar refractivity (Wildman–Crippen MR) is 154 cm³/mol. The van der Waals surface area contributed by atoms with Gasteiger partial charge in [-0.25, -0.2) is 9.97 Å². The Morgan fingerprint density at radius 3 is 2.73 bits per heavy atom. The van der Waals surface area contributed by atoms with Crippen molar-refractivity contribution in [3.05, 3.63) is 59.9 Å². The van der Waals surface area contributed by atoms with Gasteiger partial charge in [0, 0.05) is 61.2 Å². The highest BCUT2D eigenvalue weighted by molar-refractivity contribution is 5.74. The van der Waals surface area contributed by atoms with Crippen molar-refractivity contribution in [2.24, 2.45) is 5.41 Å². The van der Waals surface area contributed by atoms with E-state index in [1.807, 2.05) is 12.3 Å². The predicted octanol–water partition coefficient (Wildman–Crippen LogP) is 4.89. The van der Waals surface area contributed by atoms with Crippen LogP contribution >= 0.6 is 0 Å². The number of likely N-dealkylation sites (N-methyl/N-ethyl adjacent to an activating group) is 1. The fourth-order valence-corrected chi connectivity index (χ4v) is 5.77. The molecule has 0 radical (unpaired) electrons. The van der Waals surface area contributed by atoms with Crippen molar-refractivity contribution in [3.63, 3.8) is 0 Å². The van der Waals surface area contributed by atoms with Gasteiger partial charge in [0.1, 0.15) is 0 Å². The second-order valence-electron chi connectivity index (χ2n) is 11.7. The van der Waals surface area contributed by atoms with E-state index in [-0.39, 0.29) is 5.41 Å². The van der Waals surface area contributed by atoms with Crippen molar-refractivity contribution in [1.82, 2.24) is 25.1 Å². The monoisotopic (exact) mass is 501 g/mol. The molecule has 0 amide bonds. The van der Waals surface area contributed by atoms with Gasteiger partial charge in [0.2, 0.25) is 5.95 Å².